The first-order valence-electron chi connectivity index (χ1n) is 8.30. The molecule has 3 rings (SSSR count). The molecule has 0 spiro atoms. The van der Waals surface area contributed by atoms with Crippen LogP contribution in [0.25, 0.3) is 0 Å². The van der Waals surface area contributed by atoms with Crippen LogP contribution >= 0.6 is 0 Å². The summed E-state index contributed by atoms with van der Waals surface area (Å²) >= 11 is 0. The van der Waals surface area contributed by atoms with E-state index in [1.165, 1.54) is 15.4 Å². The maximum Gasteiger partial charge on any atom is 0.243 e. The third-order valence-corrected chi connectivity index (χ3v) is 6.22. The van der Waals surface area contributed by atoms with E-state index < -0.39 is 10.0 Å². The first kappa shape index (κ1) is 17.0. The van der Waals surface area contributed by atoms with E-state index in [4.69, 9.17) is 4.74 Å². The van der Waals surface area contributed by atoms with Crippen molar-refractivity contribution in [1.82, 2.24) is 4.31 Å². The highest BCUT2D eigenvalue weighted by atomic mass is 32.2. The normalized spacial score (nSPS) is 14.0. The van der Waals surface area contributed by atoms with E-state index in [0.717, 1.165) is 30.6 Å². The molecule has 1 aliphatic rings. The van der Waals surface area contributed by atoms with Crippen LogP contribution in [0.4, 0.5) is 0 Å². The fraction of sp³-hybridized carbons (Fsp3) is 0.368. The lowest BCUT2D eigenvalue weighted by molar-refractivity contribution is 0.340. The van der Waals surface area contributed by atoms with Gasteiger partial charge in [-0.25, -0.2) is 8.42 Å². The van der Waals surface area contributed by atoms with Crippen LogP contribution in [-0.4, -0.2) is 26.4 Å². The summed E-state index contributed by atoms with van der Waals surface area (Å²) in [6.07, 6.45) is 3.14. The van der Waals surface area contributed by atoms with Gasteiger partial charge in [0.15, 0.2) is 0 Å². The molecule has 0 N–H and O–H groups in total. The number of fused-ring (bicyclic) bond motifs is 1. The summed E-state index contributed by atoms with van der Waals surface area (Å²) in [5, 5.41) is 0. The second-order valence-electron chi connectivity index (χ2n) is 6.12. The van der Waals surface area contributed by atoms with Crippen LogP contribution in [-0.2, 0) is 29.4 Å². The van der Waals surface area contributed by atoms with Crippen molar-refractivity contribution < 1.29 is 13.2 Å². The fourth-order valence-corrected chi connectivity index (χ4v) is 4.30. The molecule has 0 amide bonds. The van der Waals surface area contributed by atoms with Crippen LogP contribution < -0.4 is 4.74 Å². The topological polar surface area (TPSA) is 46.6 Å². The predicted molar refractivity (Wildman–Crippen MR) is 94.7 cm³/mol. The van der Waals surface area contributed by atoms with E-state index in [2.05, 4.69) is 0 Å². The number of sulfonamides is 1. The third kappa shape index (κ3) is 3.47. The van der Waals surface area contributed by atoms with Gasteiger partial charge in [-0.05, 0) is 67.1 Å². The molecule has 0 atom stereocenters. The minimum absolute atomic E-state index is 0.339. The SMILES string of the molecule is CCOc1ccc(CN(C)S(=O)(=O)c2ccc3c(c2)CCC3)cc1. The maximum absolute atomic E-state index is 12.8. The van der Waals surface area contributed by atoms with E-state index in [-0.39, 0.29) is 0 Å². The molecule has 4 nitrogen and oxygen atoms in total. The van der Waals surface area contributed by atoms with Gasteiger partial charge in [0.2, 0.25) is 10.0 Å². The molecule has 0 bridgehead atoms. The Balaban J connectivity index is 1.76. The number of rotatable bonds is 6. The molecular weight excluding hydrogens is 322 g/mol. The zero-order valence-corrected chi connectivity index (χ0v) is 15.0. The first-order chi connectivity index (χ1) is 11.5. The molecule has 5 heteroatoms. The summed E-state index contributed by atoms with van der Waals surface area (Å²) in [4.78, 5) is 0.386. The van der Waals surface area contributed by atoms with Gasteiger partial charge in [0, 0.05) is 13.6 Å². The molecule has 0 aromatic heterocycles. The Morgan fingerprint density at radius 1 is 1.04 bits per heavy atom. The van der Waals surface area contributed by atoms with Crippen molar-refractivity contribution in [2.45, 2.75) is 37.6 Å². The van der Waals surface area contributed by atoms with Crippen molar-refractivity contribution in [3.8, 4) is 5.75 Å². The number of hydrogen-bond acceptors (Lipinski definition) is 3. The zero-order chi connectivity index (χ0) is 17.2. The quantitative estimate of drug-likeness (QED) is 0.806. The van der Waals surface area contributed by atoms with Crippen molar-refractivity contribution >= 4 is 10.0 Å². The summed E-state index contributed by atoms with van der Waals surface area (Å²) in [5.74, 6) is 0.797. The summed E-state index contributed by atoms with van der Waals surface area (Å²) in [6.45, 7) is 2.89. The van der Waals surface area contributed by atoms with Gasteiger partial charge in [-0.2, -0.15) is 4.31 Å². The van der Waals surface area contributed by atoms with Crippen LogP contribution in [0.3, 0.4) is 0 Å². The molecule has 2 aromatic rings. The van der Waals surface area contributed by atoms with Crippen LogP contribution in [0.15, 0.2) is 47.4 Å². The van der Waals surface area contributed by atoms with E-state index in [1.807, 2.05) is 43.3 Å². The van der Waals surface area contributed by atoms with Gasteiger partial charge in [0.25, 0.3) is 0 Å². The molecule has 0 saturated heterocycles. The lowest BCUT2D eigenvalue weighted by Crippen LogP contribution is -2.26. The van der Waals surface area contributed by atoms with Gasteiger partial charge in [-0.3, -0.25) is 0 Å². The minimum Gasteiger partial charge on any atom is -0.494 e. The largest absolute Gasteiger partial charge is 0.494 e. The van der Waals surface area contributed by atoms with E-state index >= 15 is 0 Å². The zero-order valence-electron chi connectivity index (χ0n) is 14.2. The monoisotopic (exact) mass is 345 g/mol. The average Bonchev–Trinajstić information content (AvgIpc) is 3.04. The number of benzene rings is 2. The Hall–Kier alpha value is -1.85. The van der Waals surface area contributed by atoms with Gasteiger partial charge in [-0.15, -0.1) is 0 Å². The Bertz CT molecular complexity index is 813. The van der Waals surface area contributed by atoms with Crippen molar-refractivity contribution in [2.24, 2.45) is 0 Å². The molecule has 1 aliphatic carbocycles. The molecule has 128 valence electrons. The number of aryl methyl sites for hydroxylation is 2. The molecule has 0 saturated carbocycles. The van der Waals surface area contributed by atoms with Crippen LogP contribution in [0, 0.1) is 0 Å². The molecule has 24 heavy (non-hydrogen) atoms. The Morgan fingerprint density at radius 2 is 1.75 bits per heavy atom. The fourth-order valence-electron chi connectivity index (χ4n) is 3.09. The molecule has 0 unspecified atom stereocenters. The van der Waals surface area contributed by atoms with Crippen molar-refractivity contribution in [3.63, 3.8) is 0 Å². The highest BCUT2D eigenvalue weighted by Gasteiger charge is 2.23. The molecule has 0 radical (unpaired) electrons. The van der Waals surface area contributed by atoms with E-state index in [0.29, 0.717) is 18.0 Å². The van der Waals surface area contributed by atoms with Crippen molar-refractivity contribution in [2.75, 3.05) is 13.7 Å². The van der Waals surface area contributed by atoms with Gasteiger partial charge < -0.3 is 4.74 Å². The summed E-state index contributed by atoms with van der Waals surface area (Å²) in [5.41, 5.74) is 3.39. The smallest absolute Gasteiger partial charge is 0.243 e. The van der Waals surface area contributed by atoms with Crippen LogP contribution in [0.1, 0.15) is 30.0 Å². The number of hydrogen-bond donors (Lipinski definition) is 0. The number of nitrogens with zero attached hydrogens (tertiary/aromatic N) is 1. The second-order valence-corrected chi connectivity index (χ2v) is 8.17. The molecule has 0 heterocycles. The summed E-state index contributed by atoms with van der Waals surface area (Å²) < 4.78 is 32.4. The molecule has 0 aliphatic heterocycles. The lowest BCUT2D eigenvalue weighted by Gasteiger charge is -2.18. The summed E-state index contributed by atoms with van der Waals surface area (Å²) in [6, 6.07) is 13.1. The van der Waals surface area contributed by atoms with E-state index in [9.17, 15) is 8.42 Å². The Labute approximate surface area is 144 Å². The highest BCUT2D eigenvalue weighted by Crippen LogP contribution is 2.26. The summed E-state index contributed by atoms with van der Waals surface area (Å²) in [7, 11) is -1.85. The standard InChI is InChI=1S/C19H23NO3S/c1-3-23-18-10-7-15(8-11-18)14-20(2)24(21,22)19-12-9-16-5-4-6-17(16)13-19/h7-13H,3-6,14H2,1-2H3. The molecule has 0 fully saturated rings. The molecular formula is C19H23NO3S. The van der Waals surface area contributed by atoms with Gasteiger partial charge in [0.05, 0.1) is 11.5 Å². The second kappa shape index (κ2) is 6.95. The maximum atomic E-state index is 12.8. The predicted octanol–water partition coefficient (Wildman–Crippen LogP) is 3.39. The number of ether oxygens (including phenoxy) is 1. The highest BCUT2D eigenvalue weighted by molar-refractivity contribution is 7.89. The van der Waals surface area contributed by atoms with Crippen molar-refractivity contribution in [1.29, 1.82) is 0 Å². The van der Waals surface area contributed by atoms with Crippen LogP contribution in [0.5, 0.6) is 5.75 Å². The van der Waals surface area contributed by atoms with Gasteiger partial charge in [0.1, 0.15) is 5.75 Å². The van der Waals surface area contributed by atoms with E-state index in [1.54, 1.807) is 13.1 Å². The third-order valence-electron chi connectivity index (χ3n) is 4.42. The molecule has 2 aromatic carbocycles. The van der Waals surface area contributed by atoms with Gasteiger partial charge >= 0.3 is 0 Å². The van der Waals surface area contributed by atoms with Crippen molar-refractivity contribution in [3.05, 3.63) is 59.2 Å². The van der Waals surface area contributed by atoms with Gasteiger partial charge in [-0.1, -0.05) is 18.2 Å². The first-order valence-corrected chi connectivity index (χ1v) is 9.74. The lowest BCUT2D eigenvalue weighted by atomic mass is 10.1. The average molecular weight is 345 g/mol. The van der Waals surface area contributed by atoms with Crippen LogP contribution in [0.2, 0.25) is 0 Å². The minimum atomic E-state index is -3.48. The Morgan fingerprint density at radius 3 is 2.46 bits per heavy atom. The Kier molecular flexibility index (Phi) is 4.92.